The number of benzene rings is 1. The van der Waals surface area contributed by atoms with Gasteiger partial charge in [0.1, 0.15) is 5.82 Å². The van der Waals surface area contributed by atoms with Gasteiger partial charge >= 0.3 is 0 Å². The summed E-state index contributed by atoms with van der Waals surface area (Å²) in [5, 5.41) is 0. The van der Waals surface area contributed by atoms with Crippen LogP contribution in [0.15, 0.2) is 41.4 Å². The van der Waals surface area contributed by atoms with Gasteiger partial charge < -0.3 is 11.5 Å². The van der Waals surface area contributed by atoms with Crippen LogP contribution in [-0.4, -0.2) is 18.0 Å². The number of rotatable bonds is 4. The van der Waals surface area contributed by atoms with Gasteiger partial charge in [-0.05, 0) is 42.3 Å². The summed E-state index contributed by atoms with van der Waals surface area (Å²) in [5.74, 6) is -1.79. The van der Waals surface area contributed by atoms with E-state index in [0.29, 0.717) is 20.9 Å². The fourth-order valence-corrected chi connectivity index (χ4v) is 4.20. The first-order valence-electron chi connectivity index (χ1n) is 7.09. The minimum Gasteiger partial charge on any atom is -0.367 e. The minimum absolute atomic E-state index is 0.196. The van der Waals surface area contributed by atoms with Crippen LogP contribution in [0.1, 0.15) is 20.8 Å². The highest BCUT2D eigenvalue weighted by atomic mass is 32.1. The normalized spacial score (nSPS) is 18.9. The predicted molar refractivity (Wildman–Crippen MR) is 91.5 cm³/mol. The number of nitrogens with zero attached hydrogens (tertiary/aromatic N) is 1. The van der Waals surface area contributed by atoms with Crippen molar-refractivity contribution in [1.82, 2.24) is 0 Å². The fourth-order valence-electron chi connectivity index (χ4n) is 2.76. The number of halogens is 1. The molecule has 0 bridgehead atoms. The van der Waals surface area contributed by atoms with Crippen LogP contribution in [0.3, 0.4) is 0 Å². The standard InChI is InChI=1S/C17H14FN3O2S/c1-9-12(15(19)22)14(17(16(20)23)6-3-7-21-17)24-13(9)10-4-2-5-11(18)8-10/h2-8H,1H3,(H2,19,22)(H2,20,23). The van der Waals surface area contributed by atoms with E-state index in [-0.39, 0.29) is 5.56 Å². The molecule has 24 heavy (non-hydrogen) atoms. The lowest BCUT2D eigenvalue weighted by Crippen LogP contribution is -2.37. The fraction of sp³-hybridized carbons (Fsp3) is 0.118. The molecular weight excluding hydrogens is 329 g/mol. The Morgan fingerprint density at radius 2 is 2.04 bits per heavy atom. The zero-order chi connectivity index (χ0) is 17.5. The summed E-state index contributed by atoms with van der Waals surface area (Å²) in [7, 11) is 0. The topological polar surface area (TPSA) is 98.5 Å². The van der Waals surface area contributed by atoms with Crippen molar-refractivity contribution in [2.75, 3.05) is 0 Å². The molecule has 7 heteroatoms. The highest BCUT2D eigenvalue weighted by molar-refractivity contribution is 7.16. The van der Waals surface area contributed by atoms with Crippen LogP contribution in [0.5, 0.6) is 0 Å². The smallest absolute Gasteiger partial charge is 0.254 e. The van der Waals surface area contributed by atoms with Gasteiger partial charge in [0.05, 0.1) is 10.4 Å². The average molecular weight is 343 g/mol. The van der Waals surface area contributed by atoms with E-state index in [1.807, 2.05) is 0 Å². The Morgan fingerprint density at radius 3 is 2.58 bits per heavy atom. The van der Waals surface area contributed by atoms with E-state index >= 15 is 0 Å². The van der Waals surface area contributed by atoms with Crippen molar-refractivity contribution >= 4 is 29.4 Å². The van der Waals surface area contributed by atoms with Crippen molar-refractivity contribution < 1.29 is 14.0 Å². The molecule has 0 spiro atoms. The van der Waals surface area contributed by atoms with Crippen molar-refractivity contribution in [2.45, 2.75) is 12.5 Å². The summed E-state index contributed by atoms with van der Waals surface area (Å²) in [6.07, 6.45) is 4.57. The largest absolute Gasteiger partial charge is 0.367 e. The molecule has 2 amide bonds. The Labute approximate surface area is 141 Å². The summed E-state index contributed by atoms with van der Waals surface area (Å²) in [6.45, 7) is 1.71. The number of aliphatic imine (C=N–C) groups is 1. The zero-order valence-corrected chi connectivity index (χ0v) is 13.6. The Hall–Kier alpha value is -2.80. The highest BCUT2D eigenvalue weighted by Gasteiger charge is 2.42. The second kappa shape index (κ2) is 5.68. The lowest BCUT2D eigenvalue weighted by molar-refractivity contribution is -0.121. The van der Waals surface area contributed by atoms with Crippen molar-refractivity contribution in [1.29, 1.82) is 0 Å². The van der Waals surface area contributed by atoms with Gasteiger partial charge in [-0.2, -0.15) is 0 Å². The Balaban J connectivity index is 2.30. The van der Waals surface area contributed by atoms with Crippen LogP contribution in [-0.2, 0) is 10.3 Å². The van der Waals surface area contributed by atoms with Gasteiger partial charge in [-0.1, -0.05) is 12.1 Å². The van der Waals surface area contributed by atoms with Gasteiger partial charge in [-0.15, -0.1) is 11.3 Å². The number of carbonyl (C=O) groups is 2. The molecule has 5 nitrogen and oxygen atoms in total. The molecule has 0 aliphatic carbocycles. The Kier molecular flexibility index (Phi) is 3.81. The molecule has 1 aromatic carbocycles. The Bertz CT molecular complexity index is 903. The number of thiophene rings is 1. The highest BCUT2D eigenvalue weighted by Crippen LogP contribution is 2.44. The summed E-state index contributed by atoms with van der Waals surface area (Å²) in [4.78, 5) is 29.2. The first kappa shape index (κ1) is 16.1. The molecule has 3 rings (SSSR count). The predicted octanol–water partition coefficient (Wildman–Crippen LogP) is 2.28. The van der Waals surface area contributed by atoms with Gasteiger partial charge in [0.25, 0.3) is 5.91 Å². The lowest BCUT2D eigenvalue weighted by atomic mass is 9.92. The molecule has 0 fully saturated rings. The molecule has 0 saturated carbocycles. The molecule has 1 unspecified atom stereocenters. The van der Waals surface area contributed by atoms with Gasteiger partial charge in [0.15, 0.2) is 5.54 Å². The summed E-state index contributed by atoms with van der Waals surface area (Å²) in [6, 6.07) is 5.99. The minimum atomic E-state index is -1.45. The zero-order valence-electron chi connectivity index (χ0n) is 12.7. The summed E-state index contributed by atoms with van der Waals surface area (Å²) >= 11 is 1.17. The maximum absolute atomic E-state index is 13.6. The second-order valence-electron chi connectivity index (χ2n) is 5.40. The van der Waals surface area contributed by atoms with E-state index in [2.05, 4.69) is 4.99 Å². The first-order chi connectivity index (χ1) is 11.4. The van der Waals surface area contributed by atoms with Crippen molar-refractivity contribution in [2.24, 2.45) is 16.5 Å². The number of primary amides is 2. The molecule has 1 aliphatic rings. The molecular formula is C17H14FN3O2S. The molecule has 122 valence electrons. The van der Waals surface area contributed by atoms with Gasteiger partial charge in [0.2, 0.25) is 5.91 Å². The van der Waals surface area contributed by atoms with E-state index in [0.717, 1.165) is 0 Å². The van der Waals surface area contributed by atoms with Crippen LogP contribution >= 0.6 is 11.3 Å². The van der Waals surface area contributed by atoms with E-state index in [1.165, 1.54) is 35.8 Å². The number of allylic oxidation sites excluding steroid dienone is 1. The number of hydrogen-bond acceptors (Lipinski definition) is 4. The average Bonchev–Trinajstić information content (AvgIpc) is 3.12. The maximum atomic E-state index is 13.6. The van der Waals surface area contributed by atoms with Gasteiger partial charge in [0, 0.05) is 11.1 Å². The lowest BCUT2D eigenvalue weighted by Gasteiger charge is -2.20. The number of nitrogens with two attached hydrogens (primary N) is 2. The monoisotopic (exact) mass is 343 g/mol. The third kappa shape index (κ3) is 2.33. The molecule has 2 aromatic rings. The van der Waals surface area contributed by atoms with Crippen molar-refractivity contribution in [3.05, 3.63) is 58.2 Å². The first-order valence-corrected chi connectivity index (χ1v) is 7.91. The third-order valence-corrected chi connectivity index (χ3v) is 5.37. The molecule has 0 radical (unpaired) electrons. The molecule has 2 heterocycles. The van der Waals surface area contributed by atoms with Crippen molar-refractivity contribution in [3.8, 4) is 10.4 Å². The molecule has 1 atom stereocenters. The van der Waals surface area contributed by atoms with Crippen LogP contribution < -0.4 is 11.5 Å². The maximum Gasteiger partial charge on any atom is 0.254 e. The molecule has 0 saturated heterocycles. The molecule has 4 N–H and O–H groups in total. The van der Waals surface area contributed by atoms with Gasteiger partial charge in [-0.3, -0.25) is 14.6 Å². The summed E-state index contributed by atoms with van der Waals surface area (Å²) < 4.78 is 13.6. The van der Waals surface area contributed by atoms with E-state index < -0.39 is 23.2 Å². The van der Waals surface area contributed by atoms with Crippen LogP contribution in [0.4, 0.5) is 4.39 Å². The Morgan fingerprint density at radius 1 is 1.29 bits per heavy atom. The summed E-state index contributed by atoms with van der Waals surface area (Å²) in [5.41, 5.74) is 11.0. The quantitative estimate of drug-likeness (QED) is 0.890. The van der Waals surface area contributed by atoms with Gasteiger partial charge in [-0.25, -0.2) is 4.39 Å². The molecule has 1 aliphatic heterocycles. The SMILES string of the molecule is Cc1c(-c2cccc(F)c2)sc(C2(C(N)=O)C=CC=N2)c1C(N)=O. The van der Waals surface area contributed by atoms with E-state index in [1.54, 1.807) is 25.1 Å². The number of hydrogen-bond donors (Lipinski definition) is 2. The van der Waals surface area contributed by atoms with Crippen molar-refractivity contribution in [3.63, 3.8) is 0 Å². The number of amides is 2. The van der Waals surface area contributed by atoms with E-state index in [4.69, 9.17) is 11.5 Å². The number of carbonyl (C=O) groups excluding carboxylic acids is 2. The molecule has 1 aromatic heterocycles. The van der Waals surface area contributed by atoms with E-state index in [9.17, 15) is 14.0 Å². The van der Waals surface area contributed by atoms with Crippen LogP contribution in [0.25, 0.3) is 10.4 Å². The van der Waals surface area contributed by atoms with Crippen LogP contribution in [0, 0.1) is 12.7 Å². The van der Waals surface area contributed by atoms with Crippen LogP contribution in [0.2, 0.25) is 0 Å². The third-order valence-electron chi connectivity index (χ3n) is 3.90. The second-order valence-corrected chi connectivity index (χ2v) is 6.42.